The molecule has 3 aromatic carbocycles. The average Bonchev–Trinajstić information content (AvgIpc) is 2.87. The molecule has 0 saturated carbocycles. The number of hydrogen-bond donors (Lipinski definition) is 1. The number of methoxy groups -OCH3 is 4. The van der Waals surface area contributed by atoms with Crippen LogP contribution in [-0.2, 0) is 16.2 Å². The zero-order valence-electron chi connectivity index (χ0n) is 26.6. The highest BCUT2D eigenvalue weighted by Crippen LogP contribution is 2.50. The molecule has 3 aromatic rings. The zero-order chi connectivity index (χ0) is 30.2. The molecule has 1 N–H and O–H groups in total. The Hall–Kier alpha value is -2.91. The maximum atomic E-state index is 11.9. The Morgan fingerprint density at radius 3 is 1.18 bits per heavy atom. The van der Waals surface area contributed by atoms with Gasteiger partial charge in [0, 0.05) is 13.2 Å². The summed E-state index contributed by atoms with van der Waals surface area (Å²) in [6, 6.07) is 14.3. The first-order chi connectivity index (χ1) is 18.5. The molecule has 0 aliphatic rings. The number of para-hydroxylation sites is 1. The van der Waals surface area contributed by atoms with Crippen LogP contribution >= 0.6 is 7.92 Å². The van der Waals surface area contributed by atoms with Crippen LogP contribution in [0.2, 0.25) is 0 Å². The first kappa shape index (κ1) is 31.6. The van der Waals surface area contributed by atoms with E-state index in [1.54, 1.807) is 28.4 Å². The highest BCUT2D eigenvalue weighted by atomic mass is 31.1. The fourth-order valence-electron chi connectivity index (χ4n) is 4.76. The predicted octanol–water partition coefficient (Wildman–Crippen LogP) is 7.08. The molecule has 0 bridgehead atoms. The Morgan fingerprint density at radius 2 is 0.900 bits per heavy atom. The summed E-state index contributed by atoms with van der Waals surface area (Å²) in [5.41, 5.74) is 2.53. The molecular weight excluding hydrogens is 519 g/mol. The van der Waals surface area contributed by atoms with Gasteiger partial charge in [-0.3, -0.25) is 0 Å². The third-order valence-corrected chi connectivity index (χ3v) is 9.82. The second-order valence-corrected chi connectivity index (χ2v) is 15.3. The maximum absolute atomic E-state index is 11.9. The molecule has 0 aromatic heterocycles. The van der Waals surface area contributed by atoms with Crippen LogP contribution in [0.5, 0.6) is 28.7 Å². The lowest BCUT2D eigenvalue weighted by atomic mass is 9.86. The summed E-state index contributed by atoms with van der Waals surface area (Å²) in [6.45, 7) is 19.3. The smallest absolute Gasteiger partial charge is 0.131 e. The van der Waals surface area contributed by atoms with Crippen molar-refractivity contribution in [3.05, 3.63) is 59.2 Å². The number of benzene rings is 3. The van der Waals surface area contributed by atoms with Crippen molar-refractivity contribution in [3.8, 4) is 28.7 Å². The predicted molar refractivity (Wildman–Crippen MR) is 169 cm³/mol. The van der Waals surface area contributed by atoms with Gasteiger partial charge < -0.3 is 24.1 Å². The molecule has 0 spiro atoms. The van der Waals surface area contributed by atoms with E-state index in [0.29, 0.717) is 23.0 Å². The summed E-state index contributed by atoms with van der Waals surface area (Å²) in [6.07, 6.45) is 0. The van der Waals surface area contributed by atoms with Crippen LogP contribution in [0.1, 0.15) is 79.0 Å². The topological polar surface area (TPSA) is 57.2 Å². The second-order valence-electron chi connectivity index (χ2n) is 13.2. The van der Waals surface area contributed by atoms with Crippen LogP contribution in [0.25, 0.3) is 0 Å². The van der Waals surface area contributed by atoms with Gasteiger partial charge in [0.15, 0.2) is 0 Å². The maximum Gasteiger partial charge on any atom is 0.131 e. The first-order valence-electron chi connectivity index (χ1n) is 13.6. The SMILES string of the molecule is COc1cc(C(C)(C)C)cc(OC)c1P(c1cccc(C(C)(C)C)c1O)c1c(OC)cc(C(C)(C)C)cc1OC. The minimum atomic E-state index is -1.48. The molecule has 5 nitrogen and oxygen atoms in total. The van der Waals surface area contributed by atoms with Crippen molar-refractivity contribution >= 4 is 23.8 Å². The second kappa shape index (κ2) is 11.5. The van der Waals surface area contributed by atoms with Crippen molar-refractivity contribution in [2.24, 2.45) is 0 Å². The number of phenolic OH excluding ortho intramolecular Hbond substituents is 1. The lowest BCUT2D eigenvalue weighted by molar-refractivity contribution is 0.396. The summed E-state index contributed by atoms with van der Waals surface area (Å²) < 4.78 is 24.3. The van der Waals surface area contributed by atoms with E-state index in [9.17, 15) is 5.11 Å². The van der Waals surface area contributed by atoms with Gasteiger partial charge in [0.2, 0.25) is 0 Å². The molecule has 0 radical (unpaired) electrons. The van der Waals surface area contributed by atoms with Crippen molar-refractivity contribution < 1.29 is 24.1 Å². The molecule has 0 aliphatic heterocycles. The highest BCUT2D eigenvalue weighted by Gasteiger charge is 2.35. The first-order valence-corrected chi connectivity index (χ1v) is 15.0. The molecule has 218 valence electrons. The van der Waals surface area contributed by atoms with E-state index in [2.05, 4.69) is 86.6 Å². The minimum Gasteiger partial charge on any atom is -0.507 e. The number of rotatable bonds is 7. The molecule has 0 heterocycles. The van der Waals surface area contributed by atoms with Crippen LogP contribution in [0.4, 0.5) is 0 Å². The highest BCUT2D eigenvalue weighted by molar-refractivity contribution is 7.80. The molecule has 0 atom stereocenters. The third kappa shape index (κ3) is 6.20. The molecule has 0 unspecified atom stereocenters. The van der Waals surface area contributed by atoms with Crippen molar-refractivity contribution in [1.29, 1.82) is 0 Å². The Labute approximate surface area is 242 Å². The van der Waals surface area contributed by atoms with Crippen molar-refractivity contribution in [1.82, 2.24) is 0 Å². The van der Waals surface area contributed by atoms with Crippen LogP contribution in [0.3, 0.4) is 0 Å². The van der Waals surface area contributed by atoms with Crippen LogP contribution < -0.4 is 34.9 Å². The van der Waals surface area contributed by atoms with Gasteiger partial charge in [-0.25, -0.2) is 0 Å². The minimum absolute atomic E-state index is 0.125. The van der Waals surface area contributed by atoms with E-state index in [1.807, 2.05) is 18.2 Å². The van der Waals surface area contributed by atoms with E-state index in [0.717, 1.165) is 32.6 Å². The number of ether oxygens (including phenoxy) is 4. The summed E-state index contributed by atoms with van der Waals surface area (Å²) >= 11 is 0. The van der Waals surface area contributed by atoms with Gasteiger partial charge in [0.05, 0.1) is 39.0 Å². The Balaban J connectivity index is 2.58. The normalized spacial score (nSPS) is 12.4. The summed E-state index contributed by atoms with van der Waals surface area (Å²) in [7, 11) is 5.24. The molecule has 0 aliphatic carbocycles. The van der Waals surface area contributed by atoms with Crippen molar-refractivity contribution in [3.63, 3.8) is 0 Å². The van der Waals surface area contributed by atoms with Crippen molar-refractivity contribution in [2.45, 2.75) is 78.6 Å². The van der Waals surface area contributed by atoms with Gasteiger partial charge in [-0.15, -0.1) is 0 Å². The lowest BCUT2D eigenvalue weighted by Gasteiger charge is -2.31. The summed E-state index contributed by atoms with van der Waals surface area (Å²) in [5, 5.41) is 14.4. The Kier molecular flexibility index (Phi) is 9.11. The number of aromatic hydroxyl groups is 1. The standard InChI is InChI=1S/C34H47O5P/c1-32(2,3)21-17-24(36-10)30(25(18-21)37-11)40(28-16-14-15-23(29(28)35)34(7,8)9)31-26(38-12)19-22(33(4,5)6)20-27(31)39-13/h14-20,35H,1-13H3. The molecule has 6 heteroatoms. The quantitative estimate of drug-likeness (QED) is 0.310. The van der Waals surface area contributed by atoms with Crippen LogP contribution in [0.15, 0.2) is 42.5 Å². The van der Waals surface area contributed by atoms with E-state index in [4.69, 9.17) is 18.9 Å². The largest absolute Gasteiger partial charge is 0.507 e. The molecular formula is C34H47O5P. The fourth-order valence-corrected chi connectivity index (χ4v) is 7.54. The fraction of sp³-hybridized carbons (Fsp3) is 0.471. The summed E-state index contributed by atoms with van der Waals surface area (Å²) in [4.78, 5) is 0. The monoisotopic (exact) mass is 566 g/mol. The number of phenols is 1. The van der Waals surface area contributed by atoms with E-state index >= 15 is 0 Å². The van der Waals surface area contributed by atoms with E-state index < -0.39 is 7.92 Å². The van der Waals surface area contributed by atoms with Gasteiger partial charge in [-0.2, -0.15) is 0 Å². The van der Waals surface area contributed by atoms with Gasteiger partial charge in [-0.1, -0.05) is 80.5 Å². The van der Waals surface area contributed by atoms with Gasteiger partial charge >= 0.3 is 0 Å². The number of hydrogen-bond acceptors (Lipinski definition) is 5. The zero-order valence-corrected chi connectivity index (χ0v) is 27.5. The lowest BCUT2D eigenvalue weighted by Crippen LogP contribution is -2.28. The van der Waals surface area contributed by atoms with Gasteiger partial charge in [0.1, 0.15) is 28.7 Å². The molecule has 0 saturated heterocycles. The van der Waals surface area contributed by atoms with E-state index in [1.165, 1.54) is 0 Å². The summed E-state index contributed by atoms with van der Waals surface area (Å²) in [5.74, 6) is 3.04. The Bertz CT molecular complexity index is 1230. The van der Waals surface area contributed by atoms with Gasteiger partial charge in [0.25, 0.3) is 0 Å². The molecule has 40 heavy (non-hydrogen) atoms. The molecule has 0 amide bonds. The Morgan fingerprint density at radius 1 is 0.550 bits per heavy atom. The van der Waals surface area contributed by atoms with Crippen LogP contribution in [0, 0.1) is 0 Å². The van der Waals surface area contributed by atoms with Crippen LogP contribution in [-0.4, -0.2) is 33.5 Å². The van der Waals surface area contributed by atoms with Gasteiger partial charge in [-0.05, 0) is 57.2 Å². The van der Waals surface area contributed by atoms with E-state index in [-0.39, 0.29) is 22.0 Å². The molecule has 3 rings (SSSR count). The molecule has 0 fully saturated rings. The third-order valence-electron chi connectivity index (χ3n) is 7.20. The van der Waals surface area contributed by atoms with Crippen molar-refractivity contribution in [2.75, 3.05) is 28.4 Å². The average molecular weight is 567 g/mol.